The van der Waals surface area contributed by atoms with Gasteiger partial charge in [0.15, 0.2) is 0 Å². The molecule has 130 valence electrons. The Morgan fingerprint density at radius 2 is 1.64 bits per heavy atom. The fraction of sp³-hybridized carbons (Fsp3) is 0.300. The summed E-state index contributed by atoms with van der Waals surface area (Å²) in [5.74, 6) is -1.12. The van der Waals surface area contributed by atoms with Gasteiger partial charge in [-0.3, -0.25) is 9.59 Å². The van der Waals surface area contributed by atoms with Gasteiger partial charge < -0.3 is 10.4 Å². The number of carboxylic acids is 1. The van der Waals surface area contributed by atoms with Crippen LogP contribution in [0.5, 0.6) is 0 Å². The maximum absolute atomic E-state index is 12.6. The first kappa shape index (κ1) is 17.5. The average molecular weight is 358 g/mol. The highest BCUT2D eigenvalue weighted by atomic mass is 35.5. The normalized spacial score (nSPS) is 16.5. The molecule has 3 rings (SSSR count). The Morgan fingerprint density at radius 3 is 2.16 bits per heavy atom. The fourth-order valence-electron chi connectivity index (χ4n) is 3.25. The van der Waals surface area contributed by atoms with E-state index in [0.29, 0.717) is 17.9 Å². The molecule has 0 heterocycles. The van der Waals surface area contributed by atoms with Crippen molar-refractivity contribution in [3.8, 4) is 0 Å². The minimum Gasteiger partial charge on any atom is -0.481 e. The first-order valence-electron chi connectivity index (χ1n) is 8.33. The van der Waals surface area contributed by atoms with E-state index < -0.39 is 11.4 Å². The summed E-state index contributed by atoms with van der Waals surface area (Å²) in [4.78, 5) is 24.1. The Kier molecular flexibility index (Phi) is 5.09. The number of halogens is 1. The molecule has 5 heteroatoms. The molecular formula is C20H20ClNO3. The van der Waals surface area contributed by atoms with Crippen molar-refractivity contribution in [3.05, 3.63) is 70.7 Å². The van der Waals surface area contributed by atoms with Crippen LogP contribution in [0.15, 0.2) is 54.6 Å². The standard InChI is InChI=1S/C20H20ClNO3/c21-16-9-7-15(8-10-16)18(14-5-2-1-3-6-14)22-17(23)13-20(19(24)25)11-4-12-20/h1-3,5-10,18H,4,11-13H2,(H,22,23)(H,24,25). The zero-order valence-electron chi connectivity index (χ0n) is 13.7. The van der Waals surface area contributed by atoms with Crippen LogP contribution in [0.4, 0.5) is 0 Å². The largest absolute Gasteiger partial charge is 0.481 e. The molecule has 2 aromatic rings. The number of hydrogen-bond acceptors (Lipinski definition) is 2. The highest BCUT2D eigenvalue weighted by molar-refractivity contribution is 6.30. The zero-order chi connectivity index (χ0) is 17.9. The minimum absolute atomic E-state index is 0.0132. The smallest absolute Gasteiger partial charge is 0.310 e. The quantitative estimate of drug-likeness (QED) is 0.814. The second kappa shape index (κ2) is 7.28. The molecule has 0 aromatic heterocycles. The molecule has 25 heavy (non-hydrogen) atoms. The van der Waals surface area contributed by atoms with Crippen molar-refractivity contribution >= 4 is 23.5 Å². The molecule has 0 aliphatic heterocycles. The minimum atomic E-state index is -0.898. The van der Waals surface area contributed by atoms with Crippen LogP contribution < -0.4 is 5.32 Å². The van der Waals surface area contributed by atoms with Crippen LogP contribution in [0.3, 0.4) is 0 Å². The third kappa shape index (κ3) is 3.85. The van der Waals surface area contributed by atoms with E-state index in [1.54, 1.807) is 12.1 Å². The van der Waals surface area contributed by atoms with Gasteiger partial charge in [0.25, 0.3) is 0 Å². The molecule has 0 spiro atoms. The van der Waals surface area contributed by atoms with Crippen molar-refractivity contribution in [2.45, 2.75) is 31.7 Å². The van der Waals surface area contributed by atoms with Gasteiger partial charge in [0.1, 0.15) is 0 Å². The van der Waals surface area contributed by atoms with Crippen LogP contribution in [-0.2, 0) is 9.59 Å². The average Bonchev–Trinajstić information content (AvgIpc) is 2.57. The second-order valence-corrected chi connectivity index (χ2v) is 7.02. The lowest BCUT2D eigenvalue weighted by atomic mass is 9.66. The van der Waals surface area contributed by atoms with Crippen LogP contribution in [0.25, 0.3) is 0 Å². The van der Waals surface area contributed by atoms with Crippen LogP contribution in [0.2, 0.25) is 5.02 Å². The summed E-state index contributed by atoms with van der Waals surface area (Å²) in [5, 5.41) is 13.1. The number of hydrogen-bond donors (Lipinski definition) is 2. The van der Waals surface area contributed by atoms with Gasteiger partial charge >= 0.3 is 5.97 Å². The van der Waals surface area contributed by atoms with Crippen molar-refractivity contribution in [1.82, 2.24) is 5.32 Å². The van der Waals surface area contributed by atoms with Crippen LogP contribution in [-0.4, -0.2) is 17.0 Å². The van der Waals surface area contributed by atoms with Gasteiger partial charge in [-0.2, -0.15) is 0 Å². The van der Waals surface area contributed by atoms with Gasteiger partial charge in [-0.1, -0.05) is 60.5 Å². The monoisotopic (exact) mass is 357 g/mol. The Morgan fingerprint density at radius 1 is 1.04 bits per heavy atom. The van der Waals surface area contributed by atoms with E-state index in [1.165, 1.54) is 0 Å². The van der Waals surface area contributed by atoms with E-state index in [0.717, 1.165) is 17.5 Å². The van der Waals surface area contributed by atoms with Crippen molar-refractivity contribution < 1.29 is 14.7 Å². The number of carbonyl (C=O) groups excluding carboxylic acids is 1. The molecule has 0 radical (unpaired) electrons. The van der Waals surface area contributed by atoms with Crippen LogP contribution in [0, 0.1) is 5.41 Å². The summed E-state index contributed by atoms with van der Waals surface area (Å²) < 4.78 is 0. The Hall–Kier alpha value is -2.33. The van der Waals surface area contributed by atoms with E-state index in [9.17, 15) is 14.7 Å². The van der Waals surface area contributed by atoms with Crippen LogP contribution >= 0.6 is 11.6 Å². The van der Waals surface area contributed by atoms with Crippen molar-refractivity contribution in [2.24, 2.45) is 5.41 Å². The molecule has 0 saturated heterocycles. The third-order valence-corrected chi connectivity index (χ3v) is 5.16. The lowest BCUT2D eigenvalue weighted by Gasteiger charge is -2.37. The molecule has 1 atom stereocenters. The van der Waals surface area contributed by atoms with E-state index in [2.05, 4.69) is 5.32 Å². The number of carbonyl (C=O) groups is 2. The number of benzene rings is 2. The van der Waals surface area contributed by atoms with E-state index in [1.807, 2.05) is 42.5 Å². The van der Waals surface area contributed by atoms with E-state index in [-0.39, 0.29) is 18.4 Å². The Labute approximate surface area is 151 Å². The summed E-state index contributed by atoms with van der Waals surface area (Å²) in [6, 6.07) is 16.6. The molecule has 2 aromatic carbocycles. The summed E-state index contributed by atoms with van der Waals surface area (Å²) >= 11 is 5.96. The Balaban J connectivity index is 1.81. The third-order valence-electron chi connectivity index (χ3n) is 4.90. The van der Waals surface area contributed by atoms with E-state index >= 15 is 0 Å². The molecule has 2 N–H and O–H groups in total. The van der Waals surface area contributed by atoms with Gasteiger partial charge in [0.05, 0.1) is 11.5 Å². The predicted octanol–water partition coefficient (Wildman–Crippen LogP) is 4.19. The predicted molar refractivity (Wildman–Crippen MR) is 96.4 cm³/mol. The molecular weight excluding hydrogens is 338 g/mol. The number of carboxylic acid groups (broad SMARTS) is 1. The van der Waals surface area contributed by atoms with Crippen LogP contribution in [0.1, 0.15) is 42.9 Å². The molecule has 0 bridgehead atoms. The van der Waals surface area contributed by atoms with Crippen molar-refractivity contribution in [1.29, 1.82) is 0 Å². The maximum atomic E-state index is 12.6. The second-order valence-electron chi connectivity index (χ2n) is 6.58. The number of rotatable bonds is 6. The van der Waals surface area contributed by atoms with Gasteiger partial charge in [0.2, 0.25) is 5.91 Å². The van der Waals surface area contributed by atoms with Gasteiger partial charge in [-0.25, -0.2) is 0 Å². The zero-order valence-corrected chi connectivity index (χ0v) is 14.5. The lowest BCUT2D eigenvalue weighted by Crippen LogP contribution is -2.43. The SMILES string of the molecule is O=C(CC1(C(=O)O)CCC1)NC(c1ccccc1)c1ccc(Cl)cc1. The number of aliphatic carboxylic acids is 1. The molecule has 1 unspecified atom stereocenters. The van der Waals surface area contributed by atoms with Gasteiger partial charge in [0, 0.05) is 11.4 Å². The van der Waals surface area contributed by atoms with Crippen molar-refractivity contribution in [3.63, 3.8) is 0 Å². The summed E-state index contributed by atoms with van der Waals surface area (Å²) in [6.07, 6.45) is 2.00. The topological polar surface area (TPSA) is 66.4 Å². The lowest BCUT2D eigenvalue weighted by molar-refractivity contribution is -0.157. The Bertz CT molecular complexity index is 754. The highest BCUT2D eigenvalue weighted by Crippen LogP contribution is 2.44. The first-order chi connectivity index (χ1) is 12.0. The fourth-order valence-corrected chi connectivity index (χ4v) is 3.37. The first-order valence-corrected chi connectivity index (χ1v) is 8.71. The maximum Gasteiger partial charge on any atom is 0.310 e. The van der Waals surface area contributed by atoms with Gasteiger partial charge in [-0.15, -0.1) is 0 Å². The molecule has 1 fully saturated rings. The molecule has 1 amide bonds. The molecule has 1 aliphatic carbocycles. The summed E-state index contributed by atoms with van der Waals surface area (Å²) in [6.45, 7) is 0. The van der Waals surface area contributed by atoms with Gasteiger partial charge in [-0.05, 0) is 36.1 Å². The van der Waals surface area contributed by atoms with Crippen molar-refractivity contribution in [2.75, 3.05) is 0 Å². The molecule has 1 saturated carbocycles. The molecule has 4 nitrogen and oxygen atoms in total. The number of nitrogens with one attached hydrogen (secondary N) is 1. The molecule has 1 aliphatic rings. The summed E-state index contributed by atoms with van der Waals surface area (Å²) in [5.41, 5.74) is 0.948. The van der Waals surface area contributed by atoms with E-state index in [4.69, 9.17) is 11.6 Å². The highest BCUT2D eigenvalue weighted by Gasteiger charge is 2.46. The number of amides is 1. The summed E-state index contributed by atoms with van der Waals surface area (Å²) in [7, 11) is 0.